The number of carbonyl (C=O) groups is 1. The third-order valence-corrected chi connectivity index (χ3v) is 6.81. The van der Waals surface area contributed by atoms with Crippen molar-refractivity contribution in [1.82, 2.24) is 19.9 Å². The number of hydrogen-bond donors (Lipinski definition) is 1. The first-order chi connectivity index (χ1) is 17.1. The highest BCUT2D eigenvalue weighted by molar-refractivity contribution is 6.30. The van der Waals surface area contributed by atoms with E-state index in [1.807, 2.05) is 12.1 Å². The average molecular weight is 492 g/mol. The molecule has 0 aliphatic carbocycles. The van der Waals surface area contributed by atoms with E-state index in [-0.39, 0.29) is 5.69 Å². The fourth-order valence-corrected chi connectivity index (χ4v) is 4.80. The minimum atomic E-state index is -0.395. The summed E-state index contributed by atoms with van der Waals surface area (Å²) in [6.07, 6.45) is 3.68. The zero-order valence-corrected chi connectivity index (χ0v) is 20.0. The van der Waals surface area contributed by atoms with E-state index in [4.69, 9.17) is 16.3 Å². The second-order valence-corrected chi connectivity index (χ2v) is 9.13. The van der Waals surface area contributed by atoms with E-state index in [9.17, 15) is 10.1 Å². The molecule has 1 N–H and O–H groups in total. The van der Waals surface area contributed by atoms with Crippen LogP contribution in [0.25, 0.3) is 5.69 Å². The molecule has 0 spiro atoms. The number of nitrogens with one attached hydrogen (secondary N) is 1. The molecule has 1 aromatic heterocycles. The van der Waals surface area contributed by atoms with Crippen LogP contribution in [0.2, 0.25) is 5.02 Å². The van der Waals surface area contributed by atoms with Gasteiger partial charge in [0, 0.05) is 42.9 Å². The molecule has 0 atom stereocenters. The summed E-state index contributed by atoms with van der Waals surface area (Å²) in [4.78, 5) is 17.5. The number of hydrogen-bond acceptors (Lipinski definition) is 7. The van der Waals surface area contributed by atoms with Gasteiger partial charge in [0.05, 0.1) is 36.3 Å². The van der Waals surface area contributed by atoms with Crippen molar-refractivity contribution in [3.05, 3.63) is 64.9 Å². The van der Waals surface area contributed by atoms with Gasteiger partial charge in [-0.3, -0.25) is 9.69 Å². The zero-order chi connectivity index (χ0) is 24.2. The van der Waals surface area contributed by atoms with Crippen LogP contribution in [0.1, 0.15) is 28.9 Å². The van der Waals surface area contributed by atoms with Crippen molar-refractivity contribution in [3.8, 4) is 11.8 Å². The van der Waals surface area contributed by atoms with E-state index >= 15 is 0 Å². The number of carbonyl (C=O) groups excluding carboxylic acids is 1. The number of rotatable bonds is 5. The lowest BCUT2D eigenvalue weighted by molar-refractivity contribution is 0.0115. The first-order valence-electron chi connectivity index (χ1n) is 11.7. The predicted octanol–water partition coefficient (Wildman–Crippen LogP) is 3.35. The molecule has 2 aliphatic rings. The highest BCUT2D eigenvalue weighted by Crippen LogP contribution is 2.28. The van der Waals surface area contributed by atoms with Crippen LogP contribution in [0, 0.1) is 11.3 Å². The topological polar surface area (TPSA) is 99.3 Å². The molecule has 3 heterocycles. The number of morpholine rings is 1. The summed E-state index contributed by atoms with van der Waals surface area (Å²) in [6.45, 7) is 5.41. The summed E-state index contributed by atoms with van der Waals surface area (Å²) in [5.74, 6) is -0.395. The number of anilines is 2. The molecule has 0 bridgehead atoms. The molecular formula is C25H26ClN7O2. The van der Waals surface area contributed by atoms with Crippen LogP contribution < -0.4 is 10.2 Å². The summed E-state index contributed by atoms with van der Waals surface area (Å²) < 4.78 is 6.98. The number of piperidine rings is 1. The van der Waals surface area contributed by atoms with Crippen molar-refractivity contribution in [3.63, 3.8) is 0 Å². The smallest absolute Gasteiger partial charge is 0.277 e. The number of amides is 1. The fourth-order valence-electron chi connectivity index (χ4n) is 4.68. The van der Waals surface area contributed by atoms with Gasteiger partial charge in [-0.05, 0) is 55.3 Å². The van der Waals surface area contributed by atoms with Gasteiger partial charge in [-0.15, -0.1) is 5.10 Å². The van der Waals surface area contributed by atoms with Gasteiger partial charge in [-0.1, -0.05) is 16.8 Å². The minimum absolute atomic E-state index is 0.174. The molecule has 2 saturated heterocycles. The van der Waals surface area contributed by atoms with Crippen LogP contribution >= 0.6 is 11.6 Å². The molecule has 35 heavy (non-hydrogen) atoms. The molecule has 9 nitrogen and oxygen atoms in total. The number of nitrogens with zero attached hydrogens (tertiary/aromatic N) is 6. The van der Waals surface area contributed by atoms with Crippen molar-refractivity contribution in [2.75, 3.05) is 49.6 Å². The lowest BCUT2D eigenvalue weighted by Crippen LogP contribution is -2.49. The number of nitriles is 1. The Morgan fingerprint density at radius 2 is 1.83 bits per heavy atom. The largest absolute Gasteiger partial charge is 0.379 e. The molecular weight excluding hydrogens is 466 g/mol. The van der Waals surface area contributed by atoms with E-state index in [0.29, 0.717) is 22.3 Å². The Morgan fingerprint density at radius 3 is 2.54 bits per heavy atom. The number of halogens is 1. The number of aromatic nitrogens is 3. The second kappa shape index (κ2) is 10.4. The molecule has 5 rings (SSSR count). The highest BCUT2D eigenvalue weighted by atomic mass is 35.5. The van der Waals surface area contributed by atoms with E-state index < -0.39 is 5.91 Å². The average Bonchev–Trinajstić information content (AvgIpc) is 3.40. The molecule has 3 aromatic rings. The summed E-state index contributed by atoms with van der Waals surface area (Å²) in [5, 5.41) is 21.2. The van der Waals surface area contributed by atoms with Gasteiger partial charge in [0.25, 0.3) is 5.91 Å². The minimum Gasteiger partial charge on any atom is -0.379 e. The van der Waals surface area contributed by atoms with Crippen LogP contribution in [0.5, 0.6) is 0 Å². The van der Waals surface area contributed by atoms with Crippen LogP contribution in [-0.4, -0.2) is 71.2 Å². The molecule has 2 fully saturated rings. The van der Waals surface area contributed by atoms with Crippen molar-refractivity contribution in [2.45, 2.75) is 18.9 Å². The molecule has 180 valence electrons. The molecule has 0 unspecified atom stereocenters. The number of benzene rings is 2. The van der Waals surface area contributed by atoms with Crippen LogP contribution in [0.4, 0.5) is 11.4 Å². The lowest BCUT2D eigenvalue weighted by atomic mass is 10.0. The second-order valence-electron chi connectivity index (χ2n) is 8.69. The Balaban J connectivity index is 1.23. The van der Waals surface area contributed by atoms with Gasteiger partial charge < -0.3 is 15.0 Å². The normalized spacial score (nSPS) is 17.2. The summed E-state index contributed by atoms with van der Waals surface area (Å²) >= 11 is 5.93. The van der Waals surface area contributed by atoms with Gasteiger partial charge in [0.1, 0.15) is 6.07 Å². The monoisotopic (exact) mass is 491 g/mol. The third-order valence-electron chi connectivity index (χ3n) is 6.56. The van der Waals surface area contributed by atoms with E-state index in [0.717, 1.165) is 63.6 Å². The SMILES string of the molecule is N#Cc1cc(NC(=O)c2cn(-c3ccc(Cl)cc3)nn2)ccc1N1CCC(N2CCOCC2)CC1. The Hall–Kier alpha value is -3.45. The Morgan fingerprint density at radius 1 is 1.09 bits per heavy atom. The number of ether oxygens (including phenoxy) is 1. The molecule has 10 heteroatoms. The van der Waals surface area contributed by atoms with E-state index in [2.05, 4.69) is 31.5 Å². The first-order valence-corrected chi connectivity index (χ1v) is 12.1. The van der Waals surface area contributed by atoms with Crippen molar-refractivity contribution in [2.24, 2.45) is 0 Å². The van der Waals surface area contributed by atoms with Gasteiger partial charge >= 0.3 is 0 Å². The van der Waals surface area contributed by atoms with Crippen molar-refractivity contribution < 1.29 is 9.53 Å². The highest BCUT2D eigenvalue weighted by Gasteiger charge is 2.27. The summed E-state index contributed by atoms with van der Waals surface area (Å²) in [6, 6.07) is 15.4. The molecule has 2 aliphatic heterocycles. The van der Waals surface area contributed by atoms with E-state index in [1.54, 1.807) is 36.5 Å². The fraction of sp³-hybridized carbons (Fsp3) is 0.360. The van der Waals surface area contributed by atoms with Crippen LogP contribution in [0.15, 0.2) is 48.7 Å². The van der Waals surface area contributed by atoms with Gasteiger partial charge in [0.15, 0.2) is 5.69 Å². The predicted molar refractivity (Wildman–Crippen MR) is 133 cm³/mol. The third kappa shape index (κ3) is 5.30. The summed E-state index contributed by atoms with van der Waals surface area (Å²) in [5.41, 5.74) is 2.90. The Labute approximate surface area is 208 Å². The molecule has 1 amide bonds. The Kier molecular flexibility index (Phi) is 6.95. The van der Waals surface area contributed by atoms with Crippen LogP contribution in [-0.2, 0) is 4.74 Å². The van der Waals surface area contributed by atoms with Gasteiger partial charge in [-0.2, -0.15) is 5.26 Å². The standard InChI is InChI=1S/C25H26ClN7O2/c26-19-1-4-22(5-2-19)33-17-23(29-30-33)25(34)28-20-3-6-24(18(15-20)16-27)32-9-7-21(8-10-32)31-11-13-35-14-12-31/h1-6,15,17,21H,7-14H2,(H,28,34). The van der Waals surface area contributed by atoms with Crippen molar-refractivity contribution in [1.29, 1.82) is 5.26 Å². The van der Waals surface area contributed by atoms with E-state index in [1.165, 1.54) is 4.68 Å². The lowest BCUT2D eigenvalue weighted by Gasteiger charge is -2.41. The molecule has 2 aromatic carbocycles. The van der Waals surface area contributed by atoms with Crippen molar-refractivity contribution >= 4 is 28.9 Å². The summed E-state index contributed by atoms with van der Waals surface area (Å²) in [7, 11) is 0. The van der Waals surface area contributed by atoms with Crippen LogP contribution in [0.3, 0.4) is 0 Å². The first kappa shape index (κ1) is 23.3. The molecule has 0 radical (unpaired) electrons. The maximum Gasteiger partial charge on any atom is 0.277 e. The van der Waals surface area contributed by atoms with Gasteiger partial charge in [0.2, 0.25) is 0 Å². The van der Waals surface area contributed by atoms with Gasteiger partial charge in [-0.25, -0.2) is 4.68 Å². The quantitative estimate of drug-likeness (QED) is 0.584. The zero-order valence-electron chi connectivity index (χ0n) is 19.2. The molecule has 0 saturated carbocycles. The Bertz CT molecular complexity index is 1220. The maximum absolute atomic E-state index is 12.7. The maximum atomic E-state index is 12.7.